The predicted molar refractivity (Wildman–Crippen MR) is 46.0 cm³/mol. The Kier molecular flexibility index (Phi) is 3.43. The minimum absolute atomic E-state index is 0.646. The second kappa shape index (κ2) is 4.44. The Morgan fingerprint density at radius 1 is 0.938 bits per heavy atom. The van der Waals surface area contributed by atoms with Crippen LogP contribution in [0.2, 0.25) is 0 Å². The van der Waals surface area contributed by atoms with E-state index in [0.29, 0.717) is 0 Å². The second-order valence-electron chi connectivity index (χ2n) is 2.66. The maximum absolute atomic E-state index is 13.1. The summed E-state index contributed by atoms with van der Waals surface area (Å²) in [5, 5.41) is 0. The SMILES string of the molecule is CN=C(NN)c1c(F)c(F)c(F)c(F)c1F. The van der Waals surface area contributed by atoms with Gasteiger partial charge in [0.1, 0.15) is 5.84 Å². The zero-order chi connectivity index (χ0) is 12.5. The fourth-order valence-corrected chi connectivity index (χ4v) is 1.06. The van der Waals surface area contributed by atoms with Crippen LogP contribution in [0, 0.1) is 29.1 Å². The van der Waals surface area contributed by atoms with Crippen molar-refractivity contribution in [3.05, 3.63) is 34.6 Å². The Labute approximate surface area is 86.7 Å². The number of rotatable bonds is 1. The molecule has 0 amide bonds. The molecule has 0 aromatic heterocycles. The maximum Gasteiger partial charge on any atom is 0.200 e. The van der Waals surface area contributed by atoms with Gasteiger partial charge in [0, 0.05) is 7.05 Å². The highest BCUT2D eigenvalue weighted by Crippen LogP contribution is 2.22. The molecule has 88 valence electrons. The smallest absolute Gasteiger partial charge is 0.200 e. The summed E-state index contributed by atoms with van der Waals surface area (Å²) < 4.78 is 64.4. The lowest BCUT2D eigenvalue weighted by molar-refractivity contribution is 0.376. The first-order chi connectivity index (χ1) is 7.45. The quantitative estimate of drug-likeness (QED) is 0.147. The van der Waals surface area contributed by atoms with Gasteiger partial charge in [-0.2, -0.15) is 0 Å². The van der Waals surface area contributed by atoms with Crippen LogP contribution in [0.4, 0.5) is 22.0 Å². The standard InChI is InChI=1S/C8H6F5N3/c1-15-8(16-14)2-3(9)5(11)7(13)6(12)4(2)10/h14H2,1H3,(H,15,16). The lowest BCUT2D eigenvalue weighted by atomic mass is 10.1. The van der Waals surface area contributed by atoms with Crippen molar-refractivity contribution >= 4 is 5.84 Å². The van der Waals surface area contributed by atoms with Crippen LogP contribution in [-0.4, -0.2) is 12.9 Å². The van der Waals surface area contributed by atoms with Crippen molar-refractivity contribution in [1.82, 2.24) is 5.43 Å². The van der Waals surface area contributed by atoms with Crippen LogP contribution < -0.4 is 11.3 Å². The molecule has 0 heterocycles. The molecular formula is C8H6F5N3. The third-order valence-electron chi connectivity index (χ3n) is 1.81. The molecule has 0 aliphatic heterocycles. The molecule has 3 nitrogen and oxygen atoms in total. The van der Waals surface area contributed by atoms with Crippen LogP contribution in [0.1, 0.15) is 5.56 Å². The van der Waals surface area contributed by atoms with E-state index in [0.717, 1.165) is 7.05 Å². The van der Waals surface area contributed by atoms with Gasteiger partial charge < -0.3 is 5.43 Å². The fourth-order valence-electron chi connectivity index (χ4n) is 1.06. The molecule has 0 saturated carbocycles. The van der Waals surface area contributed by atoms with E-state index in [2.05, 4.69) is 4.99 Å². The Bertz CT molecular complexity index is 428. The molecule has 0 fully saturated rings. The number of hydrazine groups is 1. The average molecular weight is 239 g/mol. The van der Waals surface area contributed by atoms with Crippen molar-refractivity contribution in [2.75, 3.05) is 7.05 Å². The minimum Gasteiger partial charge on any atom is -0.308 e. The fraction of sp³-hybridized carbons (Fsp3) is 0.125. The molecule has 0 bridgehead atoms. The van der Waals surface area contributed by atoms with Crippen molar-refractivity contribution in [2.45, 2.75) is 0 Å². The number of aliphatic imine (C=N–C) groups is 1. The molecule has 0 radical (unpaired) electrons. The van der Waals surface area contributed by atoms with E-state index in [1.54, 1.807) is 5.43 Å². The van der Waals surface area contributed by atoms with E-state index < -0.39 is 40.5 Å². The van der Waals surface area contributed by atoms with Gasteiger partial charge >= 0.3 is 0 Å². The lowest BCUT2D eigenvalue weighted by Gasteiger charge is -2.09. The summed E-state index contributed by atoms with van der Waals surface area (Å²) in [5.74, 6) is -6.12. The second-order valence-corrected chi connectivity index (χ2v) is 2.66. The molecule has 3 N–H and O–H groups in total. The molecule has 0 atom stereocenters. The summed E-state index contributed by atoms with van der Waals surface area (Å²) in [6.45, 7) is 0. The van der Waals surface area contributed by atoms with Crippen molar-refractivity contribution in [2.24, 2.45) is 10.8 Å². The molecule has 1 aromatic rings. The summed E-state index contributed by atoms with van der Waals surface area (Å²) in [4.78, 5) is 3.26. The minimum atomic E-state index is -2.23. The van der Waals surface area contributed by atoms with Crippen LogP contribution in [0.5, 0.6) is 0 Å². The number of benzene rings is 1. The first-order valence-electron chi connectivity index (χ1n) is 3.90. The highest BCUT2D eigenvalue weighted by molar-refractivity contribution is 5.98. The summed E-state index contributed by atoms with van der Waals surface area (Å²) in [6, 6.07) is 0. The van der Waals surface area contributed by atoms with Gasteiger partial charge in [-0.25, -0.2) is 27.8 Å². The average Bonchev–Trinajstić information content (AvgIpc) is 2.29. The number of hydrogen-bond donors (Lipinski definition) is 2. The number of hydrogen-bond acceptors (Lipinski definition) is 2. The van der Waals surface area contributed by atoms with Gasteiger partial charge in [-0.3, -0.25) is 4.99 Å². The zero-order valence-electron chi connectivity index (χ0n) is 7.91. The topological polar surface area (TPSA) is 50.4 Å². The largest absolute Gasteiger partial charge is 0.308 e. The highest BCUT2D eigenvalue weighted by atomic mass is 19.2. The third kappa shape index (κ3) is 1.71. The van der Waals surface area contributed by atoms with E-state index in [1.165, 1.54) is 0 Å². The maximum atomic E-state index is 13.1. The van der Waals surface area contributed by atoms with Gasteiger partial charge in [-0.05, 0) is 0 Å². The Morgan fingerprint density at radius 3 is 1.62 bits per heavy atom. The number of halogens is 5. The van der Waals surface area contributed by atoms with Crippen LogP contribution in [0.25, 0.3) is 0 Å². The summed E-state index contributed by atoms with van der Waals surface area (Å²) >= 11 is 0. The van der Waals surface area contributed by atoms with E-state index in [9.17, 15) is 22.0 Å². The molecule has 1 rings (SSSR count). The molecule has 8 heteroatoms. The predicted octanol–water partition coefficient (Wildman–Crippen LogP) is 1.22. The van der Waals surface area contributed by atoms with Gasteiger partial charge in [0.15, 0.2) is 23.3 Å². The van der Waals surface area contributed by atoms with Gasteiger partial charge in [-0.15, -0.1) is 0 Å². The molecule has 0 aliphatic carbocycles. The van der Waals surface area contributed by atoms with Crippen molar-refractivity contribution in [1.29, 1.82) is 0 Å². The summed E-state index contributed by atoms with van der Waals surface area (Å²) in [7, 11) is 1.08. The monoisotopic (exact) mass is 239 g/mol. The van der Waals surface area contributed by atoms with Crippen LogP contribution >= 0.6 is 0 Å². The first kappa shape index (κ1) is 12.4. The van der Waals surface area contributed by atoms with Crippen LogP contribution in [0.3, 0.4) is 0 Å². The highest BCUT2D eigenvalue weighted by Gasteiger charge is 2.27. The number of nitrogens with one attached hydrogen (secondary N) is 1. The van der Waals surface area contributed by atoms with Crippen molar-refractivity contribution in [3.8, 4) is 0 Å². The number of nitrogens with zero attached hydrogens (tertiary/aromatic N) is 1. The lowest BCUT2D eigenvalue weighted by Crippen LogP contribution is -2.33. The summed E-state index contributed by atoms with van der Waals surface area (Å²) in [5.41, 5.74) is 0.545. The molecule has 0 unspecified atom stereocenters. The van der Waals surface area contributed by atoms with Crippen LogP contribution in [0.15, 0.2) is 4.99 Å². The van der Waals surface area contributed by atoms with E-state index in [1.807, 2.05) is 0 Å². The third-order valence-corrected chi connectivity index (χ3v) is 1.81. The Morgan fingerprint density at radius 2 is 1.31 bits per heavy atom. The Hall–Kier alpha value is -1.70. The zero-order valence-corrected chi connectivity index (χ0v) is 7.91. The van der Waals surface area contributed by atoms with Crippen molar-refractivity contribution < 1.29 is 22.0 Å². The summed E-state index contributed by atoms with van der Waals surface area (Å²) in [6.07, 6.45) is 0. The van der Waals surface area contributed by atoms with E-state index in [-0.39, 0.29) is 0 Å². The van der Waals surface area contributed by atoms with Crippen molar-refractivity contribution in [3.63, 3.8) is 0 Å². The normalized spacial score (nSPS) is 11.8. The molecule has 1 aromatic carbocycles. The molecule has 16 heavy (non-hydrogen) atoms. The molecule has 0 saturated heterocycles. The molecule has 0 spiro atoms. The van der Waals surface area contributed by atoms with E-state index in [4.69, 9.17) is 5.84 Å². The van der Waals surface area contributed by atoms with E-state index >= 15 is 0 Å². The molecular weight excluding hydrogens is 233 g/mol. The van der Waals surface area contributed by atoms with Gasteiger partial charge in [0.25, 0.3) is 0 Å². The number of amidine groups is 1. The Balaban J connectivity index is 3.64. The molecule has 0 aliphatic rings. The van der Waals surface area contributed by atoms with Gasteiger partial charge in [0.05, 0.1) is 5.56 Å². The first-order valence-corrected chi connectivity index (χ1v) is 3.90. The van der Waals surface area contributed by atoms with Gasteiger partial charge in [0.2, 0.25) is 5.82 Å². The van der Waals surface area contributed by atoms with Gasteiger partial charge in [-0.1, -0.05) is 0 Å². The van der Waals surface area contributed by atoms with Crippen LogP contribution in [-0.2, 0) is 0 Å². The number of nitrogens with two attached hydrogens (primary N) is 1.